The summed E-state index contributed by atoms with van der Waals surface area (Å²) >= 11 is 0. The summed E-state index contributed by atoms with van der Waals surface area (Å²) < 4.78 is 0. The number of carbonyl (C=O) groups is 4. The molecule has 0 saturated carbocycles. The van der Waals surface area contributed by atoms with Crippen molar-refractivity contribution in [1.29, 1.82) is 0 Å². The fourth-order valence-electron chi connectivity index (χ4n) is 7.38. The molecule has 4 amide bonds. The molecule has 0 saturated heterocycles. The van der Waals surface area contributed by atoms with Gasteiger partial charge < -0.3 is 0 Å². The van der Waals surface area contributed by atoms with Crippen LogP contribution in [0.2, 0.25) is 0 Å². The van der Waals surface area contributed by atoms with Crippen LogP contribution in [0.3, 0.4) is 0 Å². The first-order valence-electron chi connectivity index (χ1n) is 21.8. The Balaban J connectivity index is 0.916. The number of hydrogen-bond donors (Lipinski definition) is 0. The summed E-state index contributed by atoms with van der Waals surface area (Å²) in [5.74, 6) is -1.54. The third kappa shape index (κ3) is 10.5. The van der Waals surface area contributed by atoms with Crippen molar-refractivity contribution in [3.63, 3.8) is 0 Å². The Morgan fingerprint density at radius 1 is 0.273 bits per heavy atom. The van der Waals surface area contributed by atoms with E-state index in [0.29, 0.717) is 33.6 Å². The molecule has 0 aliphatic heterocycles. The van der Waals surface area contributed by atoms with Crippen molar-refractivity contribution in [2.24, 2.45) is 0 Å². The lowest BCUT2D eigenvalue weighted by Gasteiger charge is -2.22. The molecule has 8 aromatic rings. The minimum Gasteiger partial charge on any atom is -0.268 e. The molecule has 8 rings (SSSR count). The minimum atomic E-state index is -0.385. The normalized spacial score (nSPS) is 11.2. The van der Waals surface area contributed by atoms with E-state index < -0.39 is 0 Å². The summed E-state index contributed by atoms with van der Waals surface area (Å²) in [6.07, 6.45) is 8.08. The fourth-order valence-corrected chi connectivity index (χ4v) is 7.38. The average Bonchev–Trinajstić information content (AvgIpc) is 3.34. The van der Waals surface area contributed by atoms with E-state index >= 15 is 0 Å². The maximum Gasteiger partial charge on any atom is 0.265 e. The molecule has 0 heterocycles. The summed E-state index contributed by atoms with van der Waals surface area (Å²) in [6.45, 7) is 7.83. The Hall–Kier alpha value is -8.48. The van der Waals surface area contributed by atoms with Crippen LogP contribution in [0, 0.1) is 27.7 Å². The predicted molar refractivity (Wildman–Crippen MR) is 270 cm³/mol. The Morgan fingerprint density at radius 2 is 0.470 bits per heavy atom. The van der Waals surface area contributed by atoms with Crippen LogP contribution in [-0.2, 0) is 0 Å². The van der Waals surface area contributed by atoms with Gasteiger partial charge in [-0.25, -0.2) is 9.80 Å². The average molecular weight is 861 g/mol. The SMILES string of the molecule is Cc1ccc(C(=O)N(C(=O)c2ccc(C)cc2)c2ccc(C=Cc3ccc(-c4ccc(C=Cc5ccc(N(C(=O)c6ccc(C)cc6)C(=O)c6ccc(C)cc6)cc5)cc4)cc3)cc2)cc1. The second-order valence-corrected chi connectivity index (χ2v) is 16.4. The zero-order valence-corrected chi connectivity index (χ0v) is 37.3. The molecule has 322 valence electrons. The highest BCUT2D eigenvalue weighted by atomic mass is 16.2. The van der Waals surface area contributed by atoms with Gasteiger partial charge in [0.2, 0.25) is 0 Å². The molecule has 6 nitrogen and oxygen atoms in total. The summed E-state index contributed by atoms with van der Waals surface area (Å²) in [5.41, 5.74) is 12.9. The largest absolute Gasteiger partial charge is 0.268 e. The van der Waals surface area contributed by atoms with Crippen LogP contribution in [0.25, 0.3) is 35.4 Å². The molecule has 0 radical (unpaired) electrons. The second-order valence-electron chi connectivity index (χ2n) is 16.4. The molecule has 0 atom stereocenters. The summed E-state index contributed by atoms with van der Waals surface area (Å²) in [5, 5.41) is 0. The fraction of sp³-hybridized carbons (Fsp3) is 0.0667. The van der Waals surface area contributed by atoms with E-state index in [0.717, 1.165) is 55.6 Å². The summed E-state index contributed by atoms with van der Waals surface area (Å²) in [6, 6.07) is 60.4. The third-order valence-corrected chi connectivity index (χ3v) is 11.4. The van der Waals surface area contributed by atoms with Gasteiger partial charge in [-0.05, 0) is 134 Å². The number of aryl methyl sites for hydroxylation is 4. The van der Waals surface area contributed by atoms with Crippen molar-refractivity contribution in [3.8, 4) is 11.1 Å². The van der Waals surface area contributed by atoms with Crippen LogP contribution in [0.5, 0.6) is 0 Å². The number of nitrogens with zero attached hydrogens (tertiary/aromatic N) is 2. The number of rotatable bonds is 11. The van der Waals surface area contributed by atoms with E-state index in [4.69, 9.17) is 0 Å². The van der Waals surface area contributed by atoms with Gasteiger partial charge >= 0.3 is 0 Å². The quantitative estimate of drug-likeness (QED) is 0.0959. The third-order valence-electron chi connectivity index (χ3n) is 11.4. The van der Waals surface area contributed by atoms with Gasteiger partial charge in [-0.2, -0.15) is 0 Å². The van der Waals surface area contributed by atoms with Crippen LogP contribution >= 0.6 is 0 Å². The second kappa shape index (κ2) is 19.9. The smallest absolute Gasteiger partial charge is 0.265 e. The van der Waals surface area contributed by atoms with Gasteiger partial charge in [0.15, 0.2) is 0 Å². The van der Waals surface area contributed by atoms with E-state index in [1.807, 2.05) is 125 Å². The van der Waals surface area contributed by atoms with Crippen molar-refractivity contribution < 1.29 is 19.2 Å². The lowest BCUT2D eigenvalue weighted by molar-refractivity contribution is 0.0882. The molecule has 0 fully saturated rings. The van der Waals surface area contributed by atoms with Crippen LogP contribution in [0.1, 0.15) is 85.9 Å². The first-order chi connectivity index (χ1) is 32.0. The van der Waals surface area contributed by atoms with Gasteiger partial charge in [-0.1, -0.05) is 168 Å². The molecular weight excluding hydrogens is 813 g/mol. The van der Waals surface area contributed by atoms with E-state index in [9.17, 15) is 19.2 Å². The standard InChI is InChI=1S/C60H48N2O4/c1-41-5-25-51(26-6-41)57(63)61(58(64)52-27-7-42(2)8-28-52)55-37-21-47(22-38-55)15-13-45-17-33-49(34-18-45)50-35-19-46(20-36-50)14-16-48-23-39-56(40-24-48)62(59(65)53-29-9-43(3)10-30-53)60(66)54-31-11-44(4)12-32-54/h5-40H,1-4H3. The maximum absolute atomic E-state index is 13.8. The van der Waals surface area contributed by atoms with Gasteiger partial charge in [-0.3, -0.25) is 19.2 Å². The number of anilines is 2. The highest BCUT2D eigenvalue weighted by Gasteiger charge is 2.27. The van der Waals surface area contributed by atoms with Crippen molar-refractivity contribution in [3.05, 3.63) is 261 Å². The lowest BCUT2D eigenvalue weighted by Crippen LogP contribution is -2.37. The van der Waals surface area contributed by atoms with E-state index in [2.05, 4.69) is 48.5 Å². The minimum absolute atomic E-state index is 0.385. The zero-order valence-electron chi connectivity index (χ0n) is 37.3. The Kier molecular flexibility index (Phi) is 13.3. The van der Waals surface area contributed by atoms with Gasteiger partial charge in [0.1, 0.15) is 0 Å². The number of imide groups is 2. The number of benzene rings is 8. The number of hydrogen-bond acceptors (Lipinski definition) is 4. The molecule has 0 aliphatic carbocycles. The van der Waals surface area contributed by atoms with Gasteiger partial charge in [-0.15, -0.1) is 0 Å². The van der Waals surface area contributed by atoms with Gasteiger partial charge in [0.05, 0.1) is 11.4 Å². The highest BCUT2D eigenvalue weighted by Crippen LogP contribution is 2.26. The van der Waals surface area contributed by atoms with E-state index in [-0.39, 0.29) is 23.6 Å². The molecule has 8 aromatic carbocycles. The first-order valence-corrected chi connectivity index (χ1v) is 21.8. The van der Waals surface area contributed by atoms with Crippen molar-refractivity contribution >= 4 is 59.3 Å². The lowest BCUT2D eigenvalue weighted by atomic mass is 10.0. The van der Waals surface area contributed by atoms with Crippen LogP contribution in [-0.4, -0.2) is 23.6 Å². The van der Waals surface area contributed by atoms with E-state index in [1.54, 1.807) is 72.8 Å². The Morgan fingerprint density at radius 3 is 0.682 bits per heavy atom. The summed E-state index contributed by atoms with van der Waals surface area (Å²) in [4.78, 5) is 57.6. The Labute approximate surface area is 386 Å². The zero-order chi connectivity index (χ0) is 46.2. The van der Waals surface area contributed by atoms with Crippen molar-refractivity contribution in [1.82, 2.24) is 0 Å². The van der Waals surface area contributed by atoms with Crippen molar-refractivity contribution in [2.75, 3.05) is 9.80 Å². The van der Waals surface area contributed by atoms with Crippen molar-refractivity contribution in [2.45, 2.75) is 27.7 Å². The molecule has 0 bridgehead atoms. The summed E-state index contributed by atoms with van der Waals surface area (Å²) in [7, 11) is 0. The monoisotopic (exact) mass is 860 g/mol. The maximum atomic E-state index is 13.8. The van der Waals surface area contributed by atoms with Gasteiger partial charge in [0, 0.05) is 22.3 Å². The van der Waals surface area contributed by atoms with E-state index in [1.165, 1.54) is 9.80 Å². The first kappa shape index (κ1) is 44.1. The molecule has 66 heavy (non-hydrogen) atoms. The van der Waals surface area contributed by atoms with Crippen LogP contribution in [0.15, 0.2) is 194 Å². The number of amides is 4. The molecule has 0 aromatic heterocycles. The molecule has 0 unspecified atom stereocenters. The number of carbonyl (C=O) groups excluding carboxylic acids is 4. The molecule has 0 N–H and O–H groups in total. The Bertz CT molecular complexity index is 2730. The topological polar surface area (TPSA) is 74.8 Å². The molecule has 0 spiro atoms. The highest BCUT2D eigenvalue weighted by molar-refractivity contribution is 6.26. The van der Waals surface area contributed by atoms with Crippen LogP contribution < -0.4 is 9.80 Å². The predicted octanol–water partition coefficient (Wildman–Crippen LogP) is 13.9. The van der Waals surface area contributed by atoms with Gasteiger partial charge in [0.25, 0.3) is 23.6 Å². The molecule has 6 heteroatoms. The van der Waals surface area contributed by atoms with Crippen LogP contribution in [0.4, 0.5) is 11.4 Å². The molecular formula is C60H48N2O4. The molecule has 0 aliphatic rings.